The fourth-order valence-corrected chi connectivity index (χ4v) is 1.66. The molecule has 2 aromatic rings. The smallest absolute Gasteiger partial charge is 0.358 e. The molecule has 4 heteroatoms. The van der Waals surface area contributed by atoms with Gasteiger partial charge in [-0.1, -0.05) is 35.0 Å². The maximum absolute atomic E-state index is 11.0. The highest BCUT2D eigenvalue weighted by Crippen LogP contribution is 2.27. The van der Waals surface area contributed by atoms with Crippen molar-refractivity contribution in [3.63, 3.8) is 0 Å². The Hall–Kier alpha value is -2.10. The van der Waals surface area contributed by atoms with Crippen LogP contribution in [0.3, 0.4) is 0 Å². The predicted octanol–water partition coefficient (Wildman–Crippen LogP) is 2.66. The first-order valence-corrected chi connectivity index (χ1v) is 4.86. The minimum absolute atomic E-state index is 0.0388. The molecule has 0 fully saturated rings. The second kappa shape index (κ2) is 3.81. The summed E-state index contributed by atoms with van der Waals surface area (Å²) < 4.78 is 4.92. The third-order valence-corrected chi connectivity index (χ3v) is 2.37. The summed E-state index contributed by atoms with van der Waals surface area (Å²) in [5, 5.41) is 12.5. The largest absolute Gasteiger partial charge is 0.476 e. The minimum atomic E-state index is -1.08. The van der Waals surface area contributed by atoms with Gasteiger partial charge in [-0.2, -0.15) is 0 Å². The lowest BCUT2D eigenvalue weighted by Crippen LogP contribution is -1.99. The molecule has 1 heterocycles. The highest BCUT2D eigenvalue weighted by atomic mass is 16.5. The molecule has 4 nitrogen and oxygen atoms in total. The van der Waals surface area contributed by atoms with Crippen LogP contribution >= 0.6 is 0 Å². The summed E-state index contributed by atoms with van der Waals surface area (Å²) in [5.74, 6) is -0.559. The number of carboxylic acid groups (broad SMARTS) is 1. The monoisotopic (exact) mass is 217 g/mol. The summed E-state index contributed by atoms with van der Waals surface area (Å²) in [6, 6.07) is 7.58. The highest BCUT2D eigenvalue weighted by molar-refractivity contribution is 5.94. The lowest BCUT2D eigenvalue weighted by Gasteiger charge is -2.01. The number of aromatic nitrogens is 1. The van der Waals surface area contributed by atoms with E-state index in [0.29, 0.717) is 11.3 Å². The van der Waals surface area contributed by atoms with Gasteiger partial charge in [0.15, 0.2) is 5.69 Å². The third kappa shape index (κ3) is 1.69. The van der Waals surface area contributed by atoms with E-state index < -0.39 is 5.97 Å². The van der Waals surface area contributed by atoms with E-state index in [4.69, 9.17) is 9.63 Å². The molecule has 1 aromatic heterocycles. The molecule has 82 valence electrons. The summed E-state index contributed by atoms with van der Waals surface area (Å²) >= 11 is 0. The fraction of sp³-hybridized carbons (Fsp3) is 0.167. The van der Waals surface area contributed by atoms with Gasteiger partial charge in [0.25, 0.3) is 0 Å². The molecule has 0 spiro atoms. The van der Waals surface area contributed by atoms with Crippen LogP contribution < -0.4 is 0 Å². The summed E-state index contributed by atoms with van der Waals surface area (Å²) in [6.45, 7) is 3.66. The van der Waals surface area contributed by atoms with Gasteiger partial charge in [0, 0.05) is 0 Å². The normalized spacial score (nSPS) is 10.4. The number of hydrogen-bond acceptors (Lipinski definition) is 3. The predicted molar refractivity (Wildman–Crippen MR) is 58.4 cm³/mol. The fourth-order valence-electron chi connectivity index (χ4n) is 1.66. The first kappa shape index (κ1) is 10.4. The van der Waals surface area contributed by atoms with Crippen molar-refractivity contribution < 1.29 is 14.4 Å². The van der Waals surface area contributed by atoms with Crippen molar-refractivity contribution in [2.45, 2.75) is 13.8 Å². The molecule has 0 bridgehead atoms. The van der Waals surface area contributed by atoms with Crippen molar-refractivity contribution in [1.29, 1.82) is 0 Å². The number of carboxylic acids is 1. The lowest BCUT2D eigenvalue weighted by molar-refractivity contribution is 0.0686. The summed E-state index contributed by atoms with van der Waals surface area (Å²) in [4.78, 5) is 11.0. The molecular weight excluding hydrogens is 206 g/mol. The van der Waals surface area contributed by atoms with Gasteiger partial charge in [-0.3, -0.25) is 0 Å². The van der Waals surface area contributed by atoms with Crippen molar-refractivity contribution in [3.05, 3.63) is 41.3 Å². The Bertz CT molecular complexity index is 543. The molecule has 0 saturated carbocycles. The average molecular weight is 217 g/mol. The van der Waals surface area contributed by atoms with Crippen molar-refractivity contribution in [2.75, 3.05) is 0 Å². The third-order valence-electron chi connectivity index (χ3n) is 2.37. The van der Waals surface area contributed by atoms with Crippen LogP contribution in [-0.4, -0.2) is 16.2 Å². The number of aryl methyl sites for hydroxylation is 2. The zero-order valence-electron chi connectivity index (χ0n) is 9.02. The van der Waals surface area contributed by atoms with E-state index in [1.165, 1.54) is 0 Å². The van der Waals surface area contributed by atoms with Gasteiger partial charge in [-0.05, 0) is 19.4 Å². The molecule has 0 aliphatic rings. The second-order valence-electron chi connectivity index (χ2n) is 3.64. The standard InChI is InChI=1S/C12H11NO3/c1-7-4-3-5-9(6-7)10-8(2)16-13-11(10)12(14)15/h3-6H,1-2H3,(H,14,15). The lowest BCUT2D eigenvalue weighted by atomic mass is 10.0. The zero-order chi connectivity index (χ0) is 11.7. The van der Waals surface area contributed by atoms with Crippen LogP contribution in [0, 0.1) is 13.8 Å². The molecule has 0 saturated heterocycles. The number of aromatic carboxylic acids is 1. The van der Waals surface area contributed by atoms with Crippen LogP contribution in [0.1, 0.15) is 21.8 Å². The Morgan fingerprint density at radius 1 is 1.38 bits per heavy atom. The zero-order valence-corrected chi connectivity index (χ0v) is 9.02. The van der Waals surface area contributed by atoms with E-state index in [-0.39, 0.29) is 5.69 Å². The van der Waals surface area contributed by atoms with Gasteiger partial charge in [0.2, 0.25) is 0 Å². The van der Waals surface area contributed by atoms with Gasteiger partial charge in [0.05, 0.1) is 5.56 Å². The SMILES string of the molecule is Cc1cccc(-c2c(C(=O)O)noc2C)c1. The summed E-state index contributed by atoms with van der Waals surface area (Å²) in [5.41, 5.74) is 2.39. The van der Waals surface area contributed by atoms with E-state index in [0.717, 1.165) is 11.1 Å². The highest BCUT2D eigenvalue weighted by Gasteiger charge is 2.20. The van der Waals surface area contributed by atoms with Crippen LogP contribution in [0.5, 0.6) is 0 Å². The minimum Gasteiger partial charge on any atom is -0.476 e. The molecule has 0 aliphatic heterocycles. The van der Waals surface area contributed by atoms with Crippen LogP contribution in [-0.2, 0) is 0 Å². The molecule has 0 unspecified atom stereocenters. The molecule has 0 radical (unpaired) electrons. The Morgan fingerprint density at radius 3 is 2.75 bits per heavy atom. The van der Waals surface area contributed by atoms with Crippen molar-refractivity contribution in [3.8, 4) is 11.1 Å². The van der Waals surface area contributed by atoms with Crippen molar-refractivity contribution >= 4 is 5.97 Å². The molecule has 16 heavy (non-hydrogen) atoms. The molecular formula is C12H11NO3. The first-order chi connectivity index (χ1) is 7.59. The molecule has 0 amide bonds. The molecule has 1 aromatic carbocycles. The second-order valence-corrected chi connectivity index (χ2v) is 3.64. The maximum atomic E-state index is 11.0. The van der Waals surface area contributed by atoms with Crippen LogP contribution in [0.25, 0.3) is 11.1 Å². The average Bonchev–Trinajstić information content (AvgIpc) is 2.60. The summed E-state index contributed by atoms with van der Waals surface area (Å²) in [7, 11) is 0. The molecule has 1 N–H and O–H groups in total. The number of hydrogen-bond donors (Lipinski definition) is 1. The molecule has 0 atom stereocenters. The molecule has 2 rings (SSSR count). The van der Waals surface area contributed by atoms with Gasteiger partial charge >= 0.3 is 5.97 Å². The maximum Gasteiger partial charge on any atom is 0.358 e. The van der Waals surface area contributed by atoms with Gasteiger partial charge in [0.1, 0.15) is 5.76 Å². The van der Waals surface area contributed by atoms with Crippen LogP contribution in [0.15, 0.2) is 28.8 Å². The quantitative estimate of drug-likeness (QED) is 0.839. The van der Waals surface area contributed by atoms with E-state index in [1.807, 2.05) is 31.2 Å². The molecule has 0 aliphatic carbocycles. The number of benzene rings is 1. The van der Waals surface area contributed by atoms with Gasteiger partial charge in [-0.25, -0.2) is 4.79 Å². The van der Waals surface area contributed by atoms with Crippen LogP contribution in [0.2, 0.25) is 0 Å². The Kier molecular flexibility index (Phi) is 2.48. The van der Waals surface area contributed by atoms with Gasteiger partial charge in [-0.15, -0.1) is 0 Å². The van der Waals surface area contributed by atoms with Crippen molar-refractivity contribution in [2.24, 2.45) is 0 Å². The number of rotatable bonds is 2. The van der Waals surface area contributed by atoms with Crippen molar-refractivity contribution in [1.82, 2.24) is 5.16 Å². The van der Waals surface area contributed by atoms with Crippen LogP contribution in [0.4, 0.5) is 0 Å². The number of nitrogens with zero attached hydrogens (tertiary/aromatic N) is 1. The topological polar surface area (TPSA) is 63.3 Å². The summed E-state index contributed by atoms with van der Waals surface area (Å²) in [6.07, 6.45) is 0. The Labute approximate surface area is 92.5 Å². The van der Waals surface area contributed by atoms with E-state index >= 15 is 0 Å². The Balaban J connectivity index is 2.63. The first-order valence-electron chi connectivity index (χ1n) is 4.86. The Morgan fingerprint density at radius 2 is 2.12 bits per heavy atom. The van der Waals surface area contributed by atoms with E-state index in [2.05, 4.69) is 5.16 Å². The number of carbonyl (C=O) groups is 1. The van der Waals surface area contributed by atoms with E-state index in [1.54, 1.807) is 6.92 Å². The van der Waals surface area contributed by atoms with Gasteiger partial charge < -0.3 is 9.63 Å². The van der Waals surface area contributed by atoms with E-state index in [9.17, 15) is 4.79 Å².